The minimum atomic E-state index is -0.406. The molecular weight excluding hydrogens is 585 g/mol. The maximum atomic E-state index is 13.1. The maximum absolute atomic E-state index is 13.1. The molecule has 180 valence electrons. The maximum Gasteiger partial charge on any atom is 0.261 e. The Morgan fingerprint density at radius 1 is 1.08 bits per heavy atom. The summed E-state index contributed by atoms with van der Waals surface area (Å²) in [5.41, 5.74) is 2.71. The first-order valence-electron chi connectivity index (χ1n) is 10.6. The van der Waals surface area contributed by atoms with Crippen LogP contribution in [-0.4, -0.2) is 23.1 Å². The van der Waals surface area contributed by atoms with Gasteiger partial charge in [0.15, 0.2) is 10.7 Å². The van der Waals surface area contributed by atoms with Crippen LogP contribution < -0.4 is 15.4 Å². The first kappa shape index (κ1) is 24.5. The molecular formula is C26H16BrCl2N3O3S. The topological polar surface area (TPSA) is 76.4 Å². The van der Waals surface area contributed by atoms with Gasteiger partial charge in [-0.15, -0.1) is 0 Å². The lowest BCUT2D eigenvalue weighted by atomic mass is 10.1. The van der Waals surface area contributed by atoms with Gasteiger partial charge < -0.3 is 14.5 Å². The van der Waals surface area contributed by atoms with Gasteiger partial charge in [-0.3, -0.25) is 10.1 Å². The van der Waals surface area contributed by atoms with Crippen LogP contribution in [0.3, 0.4) is 0 Å². The molecule has 0 aliphatic heterocycles. The molecule has 0 fully saturated rings. The number of ether oxygens (including phenoxy) is 1. The van der Waals surface area contributed by atoms with Crippen molar-refractivity contribution in [2.75, 3.05) is 12.4 Å². The number of carbonyl (C=O) groups excluding carboxylic acids is 1. The molecule has 1 aromatic heterocycles. The summed E-state index contributed by atoms with van der Waals surface area (Å²) in [5, 5.41) is 8.66. The third-order valence-electron chi connectivity index (χ3n) is 5.42. The number of benzene rings is 4. The molecule has 2 N–H and O–H groups in total. The van der Waals surface area contributed by atoms with Crippen molar-refractivity contribution in [2.24, 2.45) is 0 Å². The zero-order valence-corrected chi connectivity index (χ0v) is 22.5. The molecule has 4 aromatic carbocycles. The minimum absolute atomic E-state index is 0.118. The summed E-state index contributed by atoms with van der Waals surface area (Å²) < 4.78 is 12.0. The largest absolute Gasteiger partial charge is 0.495 e. The van der Waals surface area contributed by atoms with Crippen LogP contribution >= 0.6 is 51.3 Å². The number of thiocarbonyl (C=S) groups is 1. The Kier molecular flexibility index (Phi) is 6.85. The van der Waals surface area contributed by atoms with Gasteiger partial charge in [-0.25, -0.2) is 4.98 Å². The Bertz CT molecular complexity index is 1670. The number of nitrogens with zero attached hydrogens (tertiary/aromatic N) is 1. The fourth-order valence-electron chi connectivity index (χ4n) is 3.77. The second-order valence-corrected chi connectivity index (χ2v) is 9.77. The molecule has 0 spiro atoms. The van der Waals surface area contributed by atoms with Crippen molar-refractivity contribution < 1.29 is 13.9 Å². The van der Waals surface area contributed by atoms with Crippen molar-refractivity contribution in [3.63, 3.8) is 0 Å². The molecule has 0 saturated heterocycles. The van der Waals surface area contributed by atoms with E-state index in [1.54, 1.807) is 42.5 Å². The number of anilines is 1. The third-order valence-corrected chi connectivity index (χ3v) is 6.98. The van der Waals surface area contributed by atoms with Crippen molar-refractivity contribution in [3.8, 4) is 17.2 Å². The molecule has 6 nitrogen and oxygen atoms in total. The molecule has 36 heavy (non-hydrogen) atoms. The van der Waals surface area contributed by atoms with Crippen molar-refractivity contribution in [3.05, 3.63) is 86.8 Å². The monoisotopic (exact) mass is 599 g/mol. The zero-order valence-electron chi connectivity index (χ0n) is 18.6. The summed E-state index contributed by atoms with van der Waals surface area (Å²) in [6.45, 7) is 0. The van der Waals surface area contributed by atoms with Gasteiger partial charge in [0.2, 0.25) is 5.89 Å². The lowest BCUT2D eigenvalue weighted by molar-refractivity contribution is 0.0975. The van der Waals surface area contributed by atoms with Gasteiger partial charge in [0, 0.05) is 10.7 Å². The Balaban J connectivity index is 1.36. The van der Waals surface area contributed by atoms with E-state index in [0.717, 1.165) is 10.8 Å². The third kappa shape index (κ3) is 4.77. The number of rotatable bonds is 4. The number of methoxy groups -OCH3 is 1. The summed E-state index contributed by atoms with van der Waals surface area (Å²) in [7, 11) is 1.51. The average molecular weight is 601 g/mol. The van der Waals surface area contributed by atoms with Crippen LogP contribution in [0.15, 0.2) is 75.6 Å². The van der Waals surface area contributed by atoms with Gasteiger partial charge >= 0.3 is 0 Å². The predicted octanol–water partition coefficient (Wildman–Crippen LogP) is 7.85. The summed E-state index contributed by atoms with van der Waals surface area (Å²) in [5.74, 6) is 0.362. The fraction of sp³-hybridized carbons (Fsp3) is 0.0385. The van der Waals surface area contributed by atoms with Gasteiger partial charge in [-0.1, -0.05) is 47.5 Å². The van der Waals surface area contributed by atoms with Crippen LogP contribution in [-0.2, 0) is 0 Å². The molecule has 0 radical (unpaired) electrons. The lowest BCUT2D eigenvalue weighted by Crippen LogP contribution is -2.34. The molecule has 0 unspecified atom stereocenters. The van der Waals surface area contributed by atoms with Gasteiger partial charge in [0.1, 0.15) is 11.3 Å². The Morgan fingerprint density at radius 3 is 2.69 bits per heavy atom. The highest BCUT2D eigenvalue weighted by atomic mass is 79.9. The van der Waals surface area contributed by atoms with Crippen LogP contribution in [0.25, 0.3) is 33.3 Å². The van der Waals surface area contributed by atoms with E-state index < -0.39 is 5.91 Å². The number of amides is 1. The molecule has 0 aliphatic rings. The van der Waals surface area contributed by atoms with Crippen LogP contribution in [0.5, 0.6) is 5.75 Å². The summed E-state index contributed by atoms with van der Waals surface area (Å²) in [4.78, 5) is 17.6. The van der Waals surface area contributed by atoms with Gasteiger partial charge in [-0.05, 0) is 81.4 Å². The van der Waals surface area contributed by atoms with Gasteiger partial charge in [-0.2, -0.15) is 0 Å². The summed E-state index contributed by atoms with van der Waals surface area (Å²) in [6, 6.07) is 19.8. The minimum Gasteiger partial charge on any atom is -0.495 e. The molecule has 1 heterocycles. The molecule has 0 aliphatic carbocycles. The molecule has 5 rings (SSSR count). The fourth-order valence-corrected chi connectivity index (χ4v) is 5.08. The Morgan fingerprint density at radius 2 is 1.89 bits per heavy atom. The highest BCUT2D eigenvalue weighted by Crippen LogP contribution is 2.37. The quantitative estimate of drug-likeness (QED) is 0.205. The van der Waals surface area contributed by atoms with E-state index in [1.807, 2.05) is 24.3 Å². The van der Waals surface area contributed by atoms with Crippen LogP contribution in [0, 0.1) is 0 Å². The number of hydrogen-bond donors (Lipinski definition) is 2. The van der Waals surface area contributed by atoms with E-state index in [2.05, 4.69) is 31.5 Å². The number of hydrogen-bond acceptors (Lipinski definition) is 5. The average Bonchev–Trinajstić information content (AvgIpc) is 3.28. The second kappa shape index (κ2) is 10.1. The molecule has 5 aromatic rings. The molecule has 10 heteroatoms. The van der Waals surface area contributed by atoms with Gasteiger partial charge in [0.05, 0.1) is 27.7 Å². The normalized spacial score (nSPS) is 11.0. The predicted molar refractivity (Wildman–Crippen MR) is 151 cm³/mol. The van der Waals surface area contributed by atoms with Crippen molar-refractivity contribution in [1.29, 1.82) is 0 Å². The lowest BCUT2D eigenvalue weighted by Gasteiger charge is -2.14. The van der Waals surface area contributed by atoms with E-state index in [9.17, 15) is 4.79 Å². The summed E-state index contributed by atoms with van der Waals surface area (Å²) >= 11 is 21.3. The number of fused-ring (bicyclic) bond motifs is 2. The number of aromatic nitrogens is 1. The highest BCUT2D eigenvalue weighted by Gasteiger charge is 2.19. The summed E-state index contributed by atoms with van der Waals surface area (Å²) in [6.07, 6.45) is 0. The van der Waals surface area contributed by atoms with E-state index in [-0.39, 0.29) is 5.11 Å². The van der Waals surface area contributed by atoms with Crippen LogP contribution in [0.1, 0.15) is 10.4 Å². The molecule has 0 saturated carbocycles. The first-order valence-corrected chi connectivity index (χ1v) is 12.5. The van der Waals surface area contributed by atoms with Crippen molar-refractivity contribution in [2.45, 2.75) is 0 Å². The van der Waals surface area contributed by atoms with E-state index in [4.69, 9.17) is 44.6 Å². The van der Waals surface area contributed by atoms with Crippen LogP contribution in [0.4, 0.5) is 5.69 Å². The standard InChI is InChI=1S/C26H16BrCl2N3O3S/c1-34-23-18(10-13-4-2-3-5-16(13)22(23)27)24(33)32-26(36)30-15-7-9-21-20(12-15)31-25(35-21)17-11-14(28)6-8-19(17)29/h2-12H,1H3,(H2,30,32,33,36). The number of halogens is 3. The Hall–Kier alpha value is -3.17. The Labute approximate surface area is 229 Å². The van der Waals surface area contributed by atoms with E-state index in [1.165, 1.54) is 7.11 Å². The number of oxazole rings is 1. The number of carbonyl (C=O) groups is 1. The molecule has 1 amide bonds. The highest BCUT2D eigenvalue weighted by molar-refractivity contribution is 9.10. The first-order chi connectivity index (χ1) is 17.3. The molecule has 0 atom stereocenters. The smallest absolute Gasteiger partial charge is 0.261 e. The zero-order chi connectivity index (χ0) is 25.4. The van der Waals surface area contributed by atoms with Crippen molar-refractivity contribution >= 4 is 89.9 Å². The SMILES string of the molecule is COc1c(C(=O)NC(=S)Nc2ccc3oc(-c4cc(Cl)ccc4Cl)nc3c2)cc2ccccc2c1Br. The second-order valence-electron chi connectivity index (χ2n) is 7.73. The van der Waals surface area contributed by atoms with Crippen molar-refractivity contribution in [1.82, 2.24) is 10.3 Å². The van der Waals surface area contributed by atoms with Gasteiger partial charge in [0.25, 0.3) is 5.91 Å². The molecule has 0 bridgehead atoms. The van der Waals surface area contributed by atoms with E-state index in [0.29, 0.717) is 54.1 Å². The van der Waals surface area contributed by atoms with Crippen LogP contribution in [0.2, 0.25) is 10.0 Å². The number of nitrogens with one attached hydrogen (secondary N) is 2. The van der Waals surface area contributed by atoms with E-state index >= 15 is 0 Å².